The zero-order valence-corrected chi connectivity index (χ0v) is 10.1. The molecule has 0 aromatic heterocycles. The highest BCUT2D eigenvalue weighted by atomic mass is 32.2. The zero-order valence-electron chi connectivity index (χ0n) is 9.29. The van der Waals surface area contributed by atoms with Crippen LogP contribution in [-0.4, -0.2) is 36.0 Å². The molecule has 15 heavy (non-hydrogen) atoms. The topological polar surface area (TPSA) is 41.1 Å². The molecule has 86 valence electrons. The molecule has 3 nitrogen and oxygen atoms in total. The van der Waals surface area contributed by atoms with E-state index in [4.69, 9.17) is 0 Å². The molecule has 0 aromatic carbocycles. The number of thioether (sulfide) groups is 1. The van der Waals surface area contributed by atoms with Crippen LogP contribution < -0.4 is 10.6 Å². The van der Waals surface area contributed by atoms with Gasteiger partial charge in [0.15, 0.2) is 0 Å². The summed E-state index contributed by atoms with van der Waals surface area (Å²) in [4.78, 5) is 11.9. The van der Waals surface area contributed by atoms with Gasteiger partial charge in [-0.2, -0.15) is 11.8 Å². The maximum absolute atomic E-state index is 11.9. The average Bonchev–Trinajstić information content (AvgIpc) is 2.65. The van der Waals surface area contributed by atoms with Crippen LogP contribution in [0.2, 0.25) is 0 Å². The first kappa shape index (κ1) is 11.3. The molecule has 4 heteroatoms. The molecule has 3 atom stereocenters. The van der Waals surface area contributed by atoms with Crippen LogP contribution in [0.25, 0.3) is 0 Å². The van der Waals surface area contributed by atoms with Crippen molar-refractivity contribution < 1.29 is 4.79 Å². The molecule has 3 unspecified atom stereocenters. The number of hydrogen-bond donors (Lipinski definition) is 2. The summed E-state index contributed by atoms with van der Waals surface area (Å²) in [6.07, 6.45) is 3.58. The van der Waals surface area contributed by atoms with Crippen molar-refractivity contribution in [3.8, 4) is 0 Å². The minimum absolute atomic E-state index is 0.0413. The maximum atomic E-state index is 11.9. The minimum atomic E-state index is 0.0413. The van der Waals surface area contributed by atoms with E-state index in [9.17, 15) is 4.79 Å². The van der Waals surface area contributed by atoms with Crippen molar-refractivity contribution in [2.75, 3.05) is 18.1 Å². The summed E-state index contributed by atoms with van der Waals surface area (Å²) < 4.78 is 0. The molecule has 1 saturated carbocycles. The van der Waals surface area contributed by atoms with Gasteiger partial charge in [0.1, 0.15) is 0 Å². The van der Waals surface area contributed by atoms with Gasteiger partial charge < -0.3 is 10.6 Å². The molecule has 2 rings (SSSR count). The standard InChI is InChI=1S/C11H20N2OS/c1-8-2-3-9(6-8)13-11(14)10-7-15-5-4-12-10/h8-10,12H,2-7H2,1H3,(H,13,14). The molecular formula is C11H20N2OS. The van der Waals surface area contributed by atoms with Crippen molar-refractivity contribution >= 4 is 17.7 Å². The fourth-order valence-corrected chi connectivity index (χ4v) is 3.31. The SMILES string of the molecule is CC1CCC(NC(=O)C2CSCCN2)C1. The van der Waals surface area contributed by atoms with Gasteiger partial charge in [-0.1, -0.05) is 6.92 Å². The highest BCUT2D eigenvalue weighted by Crippen LogP contribution is 2.24. The van der Waals surface area contributed by atoms with Gasteiger partial charge in [-0.15, -0.1) is 0 Å². The van der Waals surface area contributed by atoms with Crippen LogP contribution in [0, 0.1) is 5.92 Å². The molecular weight excluding hydrogens is 208 g/mol. The van der Waals surface area contributed by atoms with E-state index in [1.54, 1.807) is 0 Å². The average molecular weight is 228 g/mol. The summed E-state index contributed by atoms with van der Waals surface area (Å²) in [6, 6.07) is 0.473. The zero-order chi connectivity index (χ0) is 10.7. The van der Waals surface area contributed by atoms with Gasteiger partial charge in [-0.3, -0.25) is 4.79 Å². The Morgan fingerprint density at radius 2 is 2.33 bits per heavy atom. The number of rotatable bonds is 2. The van der Waals surface area contributed by atoms with E-state index in [1.165, 1.54) is 6.42 Å². The van der Waals surface area contributed by atoms with E-state index in [1.807, 2.05) is 11.8 Å². The Morgan fingerprint density at radius 3 is 2.93 bits per heavy atom. The second-order valence-corrected chi connectivity index (χ2v) is 5.86. The van der Waals surface area contributed by atoms with Crippen LogP contribution in [-0.2, 0) is 4.79 Å². The molecule has 2 aliphatic rings. The number of amides is 1. The second kappa shape index (κ2) is 5.21. The van der Waals surface area contributed by atoms with Gasteiger partial charge in [0.25, 0.3) is 0 Å². The van der Waals surface area contributed by atoms with E-state index >= 15 is 0 Å². The molecule has 0 spiro atoms. The Labute approximate surface area is 95.8 Å². The molecule has 0 radical (unpaired) electrons. The molecule has 1 aliphatic heterocycles. The van der Waals surface area contributed by atoms with Gasteiger partial charge in [0.2, 0.25) is 5.91 Å². The van der Waals surface area contributed by atoms with Crippen molar-refractivity contribution in [2.24, 2.45) is 5.92 Å². The number of carbonyl (C=O) groups is 1. The number of carbonyl (C=O) groups excluding carboxylic acids is 1. The number of nitrogens with one attached hydrogen (secondary N) is 2. The minimum Gasteiger partial charge on any atom is -0.352 e. The lowest BCUT2D eigenvalue weighted by Crippen LogP contribution is -2.51. The Hall–Kier alpha value is -0.220. The van der Waals surface area contributed by atoms with Gasteiger partial charge in [-0.25, -0.2) is 0 Å². The predicted octanol–water partition coefficient (Wildman–Crippen LogP) is 0.996. The van der Waals surface area contributed by atoms with Gasteiger partial charge in [0, 0.05) is 24.1 Å². The Balaban J connectivity index is 1.76. The predicted molar refractivity (Wildman–Crippen MR) is 64.1 cm³/mol. The monoisotopic (exact) mass is 228 g/mol. The first-order valence-corrected chi connectivity index (χ1v) is 7.02. The van der Waals surface area contributed by atoms with Crippen LogP contribution in [0.4, 0.5) is 0 Å². The Bertz CT molecular complexity index is 229. The quantitative estimate of drug-likeness (QED) is 0.741. The number of hydrogen-bond acceptors (Lipinski definition) is 3. The lowest BCUT2D eigenvalue weighted by Gasteiger charge is -2.24. The van der Waals surface area contributed by atoms with E-state index in [0.29, 0.717) is 6.04 Å². The van der Waals surface area contributed by atoms with Crippen LogP contribution in [0.5, 0.6) is 0 Å². The van der Waals surface area contributed by atoms with Crippen molar-refractivity contribution in [1.29, 1.82) is 0 Å². The van der Waals surface area contributed by atoms with E-state index in [0.717, 1.165) is 36.8 Å². The summed E-state index contributed by atoms with van der Waals surface area (Å²) in [5.74, 6) is 3.04. The highest BCUT2D eigenvalue weighted by Gasteiger charge is 2.26. The molecule has 2 fully saturated rings. The Kier molecular flexibility index (Phi) is 3.92. The third-order valence-electron chi connectivity index (χ3n) is 3.28. The fraction of sp³-hybridized carbons (Fsp3) is 0.909. The van der Waals surface area contributed by atoms with E-state index in [-0.39, 0.29) is 11.9 Å². The maximum Gasteiger partial charge on any atom is 0.238 e. The van der Waals surface area contributed by atoms with Crippen molar-refractivity contribution in [1.82, 2.24) is 10.6 Å². The van der Waals surface area contributed by atoms with Crippen molar-refractivity contribution in [3.05, 3.63) is 0 Å². The molecule has 1 aliphatic carbocycles. The van der Waals surface area contributed by atoms with E-state index in [2.05, 4.69) is 17.6 Å². The summed E-state index contributed by atoms with van der Waals surface area (Å²) in [5, 5.41) is 6.44. The van der Waals surface area contributed by atoms with Gasteiger partial charge in [0.05, 0.1) is 6.04 Å². The first-order valence-electron chi connectivity index (χ1n) is 5.87. The Morgan fingerprint density at radius 1 is 1.47 bits per heavy atom. The van der Waals surface area contributed by atoms with Gasteiger partial charge >= 0.3 is 0 Å². The summed E-state index contributed by atoms with van der Waals surface area (Å²) >= 11 is 1.87. The lowest BCUT2D eigenvalue weighted by molar-refractivity contribution is -0.123. The van der Waals surface area contributed by atoms with Crippen LogP contribution in [0.1, 0.15) is 26.2 Å². The summed E-state index contributed by atoms with van der Waals surface area (Å²) in [6.45, 7) is 3.23. The molecule has 2 N–H and O–H groups in total. The fourth-order valence-electron chi connectivity index (χ4n) is 2.37. The second-order valence-electron chi connectivity index (χ2n) is 4.71. The third-order valence-corrected chi connectivity index (χ3v) is 4.34. The molecule has 1 saturated heterocycles. The van der Waals surface area contributed by atoms with Crippen LogP contribution in [0.3, 0.4) is 0 Å². The molecule has 0 aromatic rings. The van der Waals surface area contributed by atoms with Gasteiger partial charge in [-0.05, 0) is 25.2 Å². The lowest BCUT2D eigenvalue weighted by atomic mass is 10.1. The van der Waals surface area contributed by atoms with E-state index < -0.39 is 0 Å². The molecule has 1 amide bonds. The smallest absolute Gasteiger partial charge is 0.238 e. The van der Waals surface area contributed by atoms with Crippen molar-refractivity contribution in [3.63, 3.8) is 0 Å². The normalized spacial score (nSPS) is 36.5. The summed E-state index contributed by atoms with van der Waals surface area (Å²) in [7, 11) is 0. The highest BCUT2D eigenvalue weighted by molar-refractivity contribution is 7.99. The van der Waals surface area contributed by atoms with Crippen LogP contribution in [0.15, 0.2) is 0 Å². The molecule has 0 bridgehead atoms. The molecule has 1 heterocycles. The first-order chi connectivity index (χ1) is 7.25. The largest absolute Gasteiger partial charge is 0.352 e. The summed E-state index contributed by atoms with van der Waals surface area (Å²) in [5.41, 5.74) is 0. The third kappa shape index (κ3) is 3.11. The van der Waals surface area contributed by atoms with Crippen LogP contribution >= 0.6 is 11.8 Å². The van der Waals surface area contributed by atoms with Crippen molar-refractivity contribution in [2.45, 2.75) is 38.3 Å².